The highest BCUT2D eigenvalue weighted by molar-refractivity contribution is 5.91. The summed E-state index contributed by atoms with van der Waals surface area (Å²) in [7, 11) is 0. The molecular weight excluding hydrogens is 531 g/mol. The fourth-order valence-electron chi connectivity index (χ4n) is 3.75. The van der Waals surface area contributed by atoms with Gasteiger partial charge in [0.15, 0.2) is 0 Å². The van der Waals surface area contributed by atoms with E-state index < -0.39 is 48.6 Å². The van der Waals surface area contributed by atoms with Gasteiger partial charge < -0.3 is 31.3 Å². The van der Waals surface area contributed by atoms with E-state index in [9.17, 15) is 38.6 Å². The zero-order valence-corrected chi connectivity index (χ0v) is 21.9. The Balaban J connectivity index is 1.94. The van der Waals surface area contributed by atoms with Crippen molar-refractivity contribution in [3.63, 3.8) is 0 Å². The van der Waals surface area contributed by atoms with Crippen LogP contribution in [0, 0.1) is 0 Å². The molecule has 40 heavy (non-hydrogen) atoms. The number of nitrogens with zero attached hydrogens (tertiary/aromatic N) is 3. The number of hydrogen-bond donors (Lipinski definition) is 6. The average Bonchev–Trinajstić information content (AvgIpc) is 3.32. The Hall–Kier alpha value is -4.56. The van der Waals surface area contributed by atoms with Crippen LogP contribution in [0.4, 0.5) is 14.9 Å². The minimum Gasteiger partial charge on any atom is -0.481 e. The second-order valence-electron chi connectivity index (χ2n) is 9.35. The maximum atomic E-state index is 12.4. The van der Waals surface area contributed by atoms with Crippen LogP contribution in [0.15, 0.2) is 30.5 Å². The van der Waals surface area contributed by atoms with Crippen molar-refractivity contribution >= 4 is 35.5 Å². The molecule has 15 heteroatoms. The molecule has 0 saturated heterocycles. The molecular formula is C25H33FN6O8. The van der Waals surface area contributed by atoms with Crippen molar-refractivity contribution < 1.29 is 43.7 Å². The first kappa shape index (κ1) is 31.7. The van der Waals surface area contributed by atoms with Crippen LogP contribution in [0.2, 0.25) is 0 Å². The molecule has 0 spiro atoms. The number of rotatable bonds is 17. The maximum absolute atomic E-state index is 12.4. The summed E-state index contributed by atoms with van der Waals surface area (Å²) in [5, 5.41) is 42.7. The van der Waals surface area contributed by atoms with E-state index in [0.717, 1.165) is 0 Å². The summed E-state index contributed by atoms with van der Waals surface area (Å²) in [6.07, 6.45) is 2.12. The summed E-state index contributed by atoms with van der Waals surface area (Å²) in [5.74, 6) is -4.38. The summed E-state index contributed by atoms with van der Waals surface area (Å²) in [4.78, 5) is 58.9. The van der Waals surface area contributed by atoms with Gasteiger partial charge in [0.25, 0.3) is 0 Å². The van der Waals surface area contributed by atoms with Crippen LogP contribution in [0.1, 0.15) is 50.3 Å². The van der Waals surface area contributed by atoms with Gasteiger partial charge in [0.2, 0.25) is 5.91 Å². The first-order chi connectivity index (χ1) is 18.9. The first-order valence-corrected chi connectivity index (χ1v) is 12.5. The molecule has 218 valence electrons. The van der Waals surface area contributed by atoms with Crippen LogP contribution < -0.4 is 16.0 Å². The molecule has 1 heterocycles. The lowest BCUT2D eigenvalue weighted by atomic mass is 9.92. The fraction of sp³-hybridized carbons (Fsp3) is 0.480. The number of alkyl halides is 1. The van der Waals surface area contributed by atoms with E-state index in [1.54, 1.807) is 35.1 Å². The van der Waals surface area contributed by atoms with E-state index in [-0.39, 0.29) is 25.2 Å². The quantitative estimate of drug-likeness (QED) is 0.163. The van der Waals surface area contributed by atoms with E-state index in [2.05, 4.69) is 26.3 Å². The lowest BCUT2D eigenvalue weighted by Gasteiger charge is -2.27. The smallest absolute Gasteiger partial charge is 0.329 e. The number of carboxylic acids is 3. The normalized spacial score (nSPS) is 13.1. The molecule has 6 N–H and O–H groups in total. The molecule has 0 aliphatic rings. The number of carbonyl (C=O) groups is 5. The van der Waals surface area contributed by atoms with Crippen molar-refractivity contribution in [1.82, 2.24) is 25.6 Å². The van der Waals surface area contributed by atoms with Crippen molar-refractivity contribution in [2.75, 3.05) is 12.0 Å². The Bertz CT molecular complexity index is 1210. The molecule has 2 aromatic rings. The van der Waals surface area contributed by atoms with Crippen molar-refractivity contribution in [2.24, 2.45) is 0 Å². The molecule has 14 nitrogen and oxygen atoms in total. The number of carbonyl (C=O) groups excluding carboxylic acids is 2. The number of urea groups is 1. The van der Waals surface area contributed by atoms with E-state index in [1.165, 1.54) is 6.92 Å². The van der Waals surface area contributed by atoms with E-state index in [1.807, 2.05) is 0 Å². The van der Waals surface area contributed by atoms with Gasteiger partial charge >= 0.3 is 23.9 Å². The van der Waals surface area contributed by atoms with Crippen molar-refractivity contribution in [2.45, 2.75) is 70.0 Å². The van der Waals surface area contributed by atoms with Crippen molar-refractivity contribution in [3.05, 3.63) is 41.7 Å². The molecule has 0 radical (unpaired) electrons. The van der Waals surface area contributed by atoms with Crippen LogP contribution in [-0.2, 0) is 38.6 Å². The number of amides is 3. The van der Waals surface area contributed by atoms with Crippen LogP contribution in [0.25, 0.3) is 0 Å². The number of nitrogens with one attached hydrogen (secondary N) is 3. The lowest BCUT2D eigenvalue weighted by Crippen LogP contribution is -2.58. The molecule has 0 bridgehead atoms. The van der Waals surface area contributed by atoms with Crippen LogP contribution >= 0.6 is 0 Å². The van der Waals surface area contributed by atoms with Gasteiger partial charge in [-0.05, 0) is 50.3 Å². The van der Waals surface area contributed by atoms with Crippen LogP contribution in [0.5, 0.6) is 0 Å². The van der Waals surface area contributed by atoms with Gasteiger partial charge in [0.05, 0.1) is 12.4 Å². The summed E-state index contributed by atoms with van der Waals surface area (Å²) in [6, 6.07) is 3.77. The molecule has 0 fully saturated rings. The number of anilines is 1. The lowest BCUT2D eigenvalue weighted by molar-refractivity contribution is -0.143. The van der Waals surface area contributed by atoms with Gasteiger partial charge in [0, 0.05) is 37.7 Å². The average molecular weight is 565 g/mol. The van der Waals surface area contributed by atoms with E-state index in [0.29, 0.717) is 42.8 Å². The van der Waals surface area contributed by atoms with E-state index in [4.69, 9.17) is 5.11 Å². The largest absolute Gasteiger partial charge is 0.481 e. The van der Waals surface area contributed by atoms with Gasteiger partial charge in [-0.2, -0.15) is 0 Å². The Morgan fingerprint density at radius 1 is 1.10 bits per heavy atom. The molecule has 2 atom stereocenters. The molecule has 1 aromatic carbocycles. The third kappa shape index (κ3) is 10.7. The second-order valence-corrected chi connectivity index (χ2v) is 9.35. The number of halogens is 1. The minimum atomic E-state index is -1.86. The van der Waals surface area contributed by atoms with Crippen LogP contribution in [-0.4, -0.2) is 78.4 Å². The Labute approximate surface area is 228 Å². The Morgan fingerprint density at radius 3 is 2.50 bits per heavy atom. The second kappa shape index (κ2) is 15.1. The van der Waals surface area contributed by atoms with Crippen LogP contribution in [0.3, 0.4) is 0 Å². The third-order valence-electron chi connectivity index (χ3n) is 5.82. The molecule has 2 rings (SSSR count). The Morgan fingerprint density at radius 2 is 1.85 bits per heavy atom. The minimum absolute atomic E-state index is 0.172. The van der Waals surface area contributed by atoms with Crippen molar-refractivity contribution in [1.29, 1.82) is 0 Å². The topological polar surface area (TPSA) is 213 Å². The third-order valence-corrected chi connectivity index (χ3v) is 5.82. The predicted octanol–water partition coefficient (Wildman–Crippen LogP) is 1.60. The van der Waals surface area contributed by atoms with Gasteiger partial charge in [0.1, 0.15) is 11.6 Å². The number of carboxylic acid groups (broad SMARTS) is 3. The zero-order valence-electron chi connectivity index (χ0n) is 21.9. The Kier molecular flexibility index (Phi) is 12.0. The SMILES string of the molecule is CC(Cc1cccc(NC(=O)CCCn2cc(CCCF)nn2)c1)(NC(=O)N[C@@H](CCC(=O)O)C(=O)O)C(=O)O. The molecule has 0 aliphatic heterocycles. The summed E-state index contributed by atoms with van der Waals surface area (Å²) < 4.78 is 13.9. The summed E-state index contributed by atoms with van der Waals surface area (Å²) in [5.41, 5.74) is -0.302. The van der Waals surface area contributed by atoms with Gasteiger partial charge in [-0.25, -0.2) is 14.4 Å². The van der Waals surface area contributed by atoms with Crippen molar-refractivity contribution in [3.8, 4) is 0 Å². The maximum Gasteiger partial charge on any atom is 0.329 e. The molecule has 0 saturated carbocycles. The number of aromatic nitrogens is 3. The highest BCUT2D eigenvalue weighted by atomic mass is 19.1. The fourth-order valence-corrected chi connectivity index (χ4v) is 3.75. The van der Waals surface area contributed by atoms with Gasteiger partial charge in [-0.1, -0.05) is 17.3 Å². The number of benzene rings is 1. The zero-order chi connectivity index (χ0) is 29.7. The van der Waals surface area contributed by atoms with Gasteiger partial charge in [-0.3, -0.25) is 18.7 Å². The monoisotopic (exact) mass is 564 g/mol. The van der Waals surface area contributed by atoms with Gasteiger partial charge in [-0.15, -0.1) is 5.10 Å². The summed E-state index contributed by atoms with van der Waals surface area (Å²) >= 11 is 0. The van der Waals surface area contributed by atoms with E-state index >= 15 is 0 Å². The molecule has 1 unspecified atom stereocenters. The predicted molar refractivity (Wildman–Crippen MR) is 138 cm³/mol. The first-order valence-electron chi connectivity index (χ1n) is 12.5. The highest BCUT2D eigenvalue weighted by Gasteiger charge is 2.36. The number of hydrogen-bond acceptors (Lipinski definition) is 7. The molecule has 1 aromatic heterocycles. The molecule has 0 aliphatic carbocycles. The number of aliphatic carboxylic acids is 3. The number of aryl methyl sites for hydroxylation is 2. The summed E-state index contributed by atoms with van der Waals surface area (Å²) in [6.45, 7) is 1.25. The highest BCUT2D eigenvalue weighted by Crippen LogP contribution is 2.18. The molecule has 3 amide bonds. The standard InChI is InChI=1S/C25H33FN6O8/c1-25(23(38)39,29-24(40)28-19(22(36)37)9-10-21(34)35)14-16-5-2-6-17(13-16)27-20(33)8-4-12-32-15-18(30-31-32)7-3-11-26/h2,5-6,13,15,19H,3-4,7-12,14H2,1H3,(H,27,33)(H,34,35)(H,36,37)(H,38,39)(H2,28,29,40)/t19-,25?/m0/s1.